The molecule has 0 unspecified atom stereocenters. The molecule has 1 aliphatic heterocycles. The lowest BCUT2D eigenvalue weighted by Crippen LogP contribution is -2.39. The van der Waals surface area contributed by atoms with E-state index >= 15 is 0 Å². The number of nitrogens with one attached hydrogen (secondary N) is 1. The van der Waals surface area contributed by atoms with Crippen molar-refractivity contribution >= 4 is 27.7 Å². The van der Waals surface area contributed by atoms with Crippen LogP contribution in [0.25, 0.3) is 0 Å². The number of nitrogens with zero attached hydrogens (tertiary/aromatic N) is 1. The summed E-state index contributed by atoms with van der Waals surface area (Å²) < 4.78 is 0. The Morgan fingerprint density at radius 3 is 3.00 bits per heavy atom. The van der Waals surface area contributed by atoms with Gasteiger partial charge in [0.2, 0.25) is 0 Å². The maximum absolute atomic E-state index is 4.52. The van der Waals surface area contributed by atoms with Crippen LogP contribution in [0.2, 0.25) is 0 Å². The Bertz CT molecular complexity index is 336. The minimum Gasteiger partial charge on any atom is -0.365 e. The van der Waals surface area contributed by atoms with Gasteiger partial charge in [-0.3, -0.25) is 4.99 Å². The van der Waals surface area contributed by atoms with E-state index in [1.54, 1.807) is 11.3 Å². The van der Waals surface area contributed by atoms with Gasteiger partial charge in [0, 0.05) is 5.71 Å². The van der Waals surface area contributed by atoms with Gasteiger partial charge in [-0.25, -0.2) is 0 Å². The molecule has 0 fully saturated rings. The van der Waals surface area contributed by atoms with E-state index in [9.17, 15) is 0 Å². The van der Waals surface area contributed by atoms with Gasteiger partial charge in [-0.05, 0) is 32.2 Å². The quantitative estimate of drug-likeness (QED) is 0.652. The lowest BCUT2D eigenvalue weighted by atomic mass is 9.98. The minimum atomic E-state index is 0.0118. The number of thiophene rings is 1. The van der Waals surface area contributed by atoms with Gasteiger partial charge in [0.05, 0.1) is 11.2 Å². The van der Waals surface area contributed by atoms with E-state index in [4.69, 9.17) is 0 Å². The zero-order valence-electron chi connectivity index (χ0n) is 7.51. The summed E-state index contributed by atoms with van der Waals surface area (Å²) in [5.41, 5.74) is 2.24. The van der Waals surface area contributed by atoms with Crippen molar-refractivity contribution in [2.75, 3.05) is 5.32 Å². The lowest BCUT2D eigenvalue weighted by Gasteiger charge is -2.30. The normalized spacial score (nSPS) is 19.4. The van der Waals surface area contributed by atoms with Gasteiger partial charge in [0.15, 0.2) is 0 Å². The molecule has 2 nitrogen and oxygen atoms in total. The number of aliphatic imine (C=N–C) groups is 1. The SMILES string of the molecule is CC1=Nc2ccsc2NC1(C)C. The maximum atomic E-state index is 4.52. The van der Waals surface area contributed by atoms with Gasteiger partial charge >= 0.3 is 0 Å². The first-order chi connectivity index (χ1) is 5.59. The van der Waals surface area contributed by atoms with Gasteiger partial charge in [0.25, 0.3) is 0 Å². The van der Waals surface area contributed by atoms with Crippen molar-refractivity contribution in [3.8, 4) is 0 Å². The monoisotopic (exact) mass is 180 g/mol. The molecule has 0 radical (unpaired) electrons. The first kappa shape index (κ1) is 7.80. The highest BCUT2D eigenvalue weighted by Gasteiger charge is 2.26. The van der Waals surface area contributed by atoms with Crippen LogP contribution in [0.4, 0.5) is 10.7 Å². The zero-order valence-corrected chi connectivity index (χ0v) is 8.33. The third-order valence-corrected chi connectivity index (χ3v) is 3.08. The highest BCUT2D eigenvalue weighted by Crippen LogP contribution is 2.37. The summed E-state index contributed by atoms with van der Waals surface area (Å²) >= 11 is 1.71. The van der Waals surface area contributed by atoms with E-state index < -0.39 is 0 Å². The van der Waals surface area contributed by atoms with Crippen LogP contribution in [0.3, 0.4) is 0 Å². The third-order valence-electron chi connectivity index (χ3n) is 2.26. The predicted molar refractivity (Wildman–Crippen MR) is 54.8 cm³/mol. The number of fused-ring (bicyclic) bond motifs is 1. The summed E-state index contributed by atoms with van der Waals surface area (Å²) in [5, 5.41) is 6.70. The highest BCUT2D eigenvalue weighted by molar-refractivity contribution is 7.14. The number of anilines is 1. The van der Waals surface area contributed by atoms with Crippen LogP contribution in [0.5, 0.6) is 0 Å². The second-order valence-corrected chi connectivity index (χ2v) is 4.50. The minimum absolute atomic E-state index is 0.0118. The number of rotatable bonds is 0. The fraction of sp³-hybridized carbons (Fsp3) is 0.444. The summed E-state index contributed by atoms with van der Waals surface area (Å²) in [4.78, 5) is 4.52. The van der Waals surface area contributed by atoms with Crippen molar-refractivity contribution in [3.05, 3.63) is 11.4 Å². The molecule has 3 heteroatoms. The second kappa shape index (κ2) is 2.33. The van der Waals surface area contributed by atoms with Crippen LogP contribution < -0.4 is 5.32 Å². The van der Waals surface area contributed by atoms with Crippen molar-refractivity contribution in [1.82, 2.24) is 0 Å². The van der Waals surface area contributed by atoms with Gasteiger partial charge in [0.1, 0.15) is 5.00 Å². The molecule has 0 bridgehead atoms. The van der Waals surface area contributed by atoms with Gasteiger partial charge in [-0.1, -0.05) is 0 Å². The molecule has 2 rings (SSSR count). The van der Waals surface area contributed by atoms with Crippen molar-refractivity contribution in [2.24, 2.45) is 4.99 Å². The van der Waals surface area contributed by atoms with Crippen molar-refractivity contribution in [1.29, 1.82) is 0 Å². The average Bonchev–Trinajstić information content (AvgIpc) is 2.35. The molecule has 0 saturated heterocycles. The van der Waals surface area contributed by atoms with Crippen LogP contribution in [0.15, 0.2) is 16.4 Å². The Kier molecular flexibility index (Phi) is 1.51. The van der Waals surface area contributed by atoms with Gasteiger partial charge in [-0.15, -0.1) is 11.3 Å². The summed E-state index contributed by atoms with van der Waals surface area (Å²) in [5.74, 6) is 0. The van der Waals surface area contributed by atoms with Crippen LogP contribution in [-0.2, 0) is 0 Å². The van der Waals surface area contributed by atoms with Gasteiger partial charge in [-0.2, -0.15) is 0 Å². The average molecular weight is 180 g/mol. The van der Waals surface area contributed by atoms with Crippen molar-refractivity contribution in [3.63, 3.8) is 0 Å². The summed E-state index contributed by atoms with van der Waals surface area (Å²) in [6.07, 6.45) is 0. The van der Waals surface area contributed by atoms with Crippen molar-refractivity contribution in [2.45, 2.75) is 26.3 Å². The molecule has 64 valence electrons. The highest BCUT2D eigenvalue weighted by atomic mass is 32.1. The molecule has 1 aliphatic rings. The number of hydrogen-bond donors (Lipinski definition) is 1. The molecule has 0 atom stereocenters. The molecule has 1 aromatic heterocycles. The molecule has 0 spiro atoms. The van der Waals surface area contributed by atoms with E-state index in [0.29, 0.717) is 0 Å². The Labute approximate surface area is 76.3 Å². The Morgan fingerprint density at radius 2 is 2.25 bits per heavy atom. The van der Waals surface area contributed by atoms with Crippen LogP contribution in [0, 0.1) is 0 Å². The molecule has 1 N–H and O–H groups in total. The zero-order chi connectivity index (χ0) is 8.77. The molecule has 2 heterocycles. The van der Waals surface area contributed by atoms with Crippen molar-refractivity contribution < 1.29 is 0 Å². The first-order valence-electron chi connectivity index (χ1n) is 4.01. The van der Waals surface area contributed by atoms with E-state index in [1.165, 1.54) is 5.00 Å². The molecular formula is C9H12N2S. The van der Waals surface area contributed by atoms with Crippen LogP contribution in [-0.4, -0.2) is 11.3 Å². The molecule has 0 amide bonds. The Hall–Kier alpha value is -0.830. The molecular weight excluding hydrogens is 168 g/mol. The standard InChI is InChI=1S/C9H12N2S/c1-6-9(2,3)11-8-7(10-6)4-5-12-8/h4-5,11H,1-3H3. The van der Waals surface area contributed by atoms with E-state index in [0.717, 1.165) is 11.4 Å². The van der Waals surface area contributed by atoms with Crippen LogP contribution in [0.1, 0.15) is 20.8 Å². The third kappa shape index (κ3) is 1.05. The van der Waals surface area contributed by atoms with E-state index in [2.05, 4.69) is 36.5 Å². The van der Waals surface area contributed by atoms with E-state index in [1.807, 2.05) is 6.07 Å². The fourth-order valence-electron chi connectivity index (χ4n) is 1.18. The molecule has 12 heavy (non-hydrogen) atoms. The van der Waals surface area contributed by atoms with Crippen LogP contribution >= 0.6 is 11.3 Å². The number of hydrogen-bond acceptors (Lipinski definition) is 3. The summed E-state index contributed by atoms with van der Waals surface area (Å²) in [6, 6.07) is 2.05. The predicted octanol–water partition coefficient (Wildman–Crippen LogP) is 3.04. The smallest absolute Gasteiger partial charge is 0.115 e. The summed E-state index contributed by atoms with van der Waals surface area (Å²) in [7, 11) is 0. The fourth-order valence-corrected chi connectivity index (χ4v) is 2.06. The second-order valence-electron chi connectivity index (χ2n) is 3.58. The molecule has 1 aromatic rings. The molecule has 0 saturated carbocycles. The van der Waals surface area contributed by atoms with Gasteiger partial charge < -0.3 is 5.32 Å². The first-order valence-corrected chi connectivity index (χ1v) is 4.89. The Balaban J connectivity index is 2.51. The topological polar surface area (TPSA) is 24.4 Å². The summed E-state index contributed by atoms with van der Waals surface area (Å²) in [6.45, 7) is 6.36. The maximum Gasteiger partial charge on any atom is 0.115 e. The Morgan fingerprint density at radius 1 is 1.50 bits per heavy atom. The largest absolute Gasteiger partial charge is 0.365 e. The molecule has 0 aliphatic carbocycles. The van der Waals surface area contributed by atoms with E-state index in [-0.39, 0.29) is 5.54 Å². The lowest BCUT2D eigenvalue weighted by molar-refractivity contribution is 0.751. The molecule has 0 aromatic carbocycles.